The van der Waals surface area contributed by atoms with Crippen molar-refractivity contribution in [2.75, 3.05) is 24.6 Å². The van der Waals surface area contributed by atoms with E-state index in [9.17, 15) is 0 Å². The van der Waals surface area contributed by atoms with Crippen molar-refractivity contribution < 1.29 is 4.74 Å². The SMILES string of the molecule is Cc1nnc(N2C[C@@H]3CCC[C@]3(COc3cccnc3)C2)s1. The minimum atomic E-state index is 0.259. The monoisotopic (exact) mass is 316 g/mol. The van der Waals surface area contributed by atoms with Crippen LogP contribution in [-0.2, 0) is 0 Å². The third kappa shape index (κ3) is 2.45. The number of rotatable bonds is 4. The third-order valence-electron chi connectivity index (χ3n) is 4.99. The Hall–Kier alpha value is -1.69. The van der Waals surface area contributed by atoms with Crippen molar-refractivity contribution in [2.45, 2.75) is 26.2 Å². The van der Waals surface area contributed by atoms with Gasteiger partial charge >= 0.3 is 0 Å². The zero-order valence-electron chi connectivity index (χ0n) is 12.7. The molecule has 1 saturated heterocycles. The zero-order valence-corrected chi connectivity index (χ0v) is 13.6. The number of aromatic nitrogens is 3. The van der Waals surface area contributed by atoms with Crippen LogP contribution in [0, 0.1) is 18.3 Å². The van der Waals surface area contributed by atoms with Gasteiger partial charge in [0.15, 0.2) is 0 Å². The van der Waals surface area contributed by atoms with Crippen molar-refractivity contribution in [3.8, 4) is 5.75 Å². The standard InChI is InChI=1S/C16H20N4OS/c1-12-18-19-15(22-12)20-9-13-4-2-6-16(13,10-20)11-21-14-5-3-7-17-8-14/h3,5,7-8,13H,2,4,6,9-11H2,1H3/t13-,16+/m0/s1. The Bertz CT molecular complexity index is 647. The maximum atomic E-state index is 6.06. The van der Waals surface area contributed by atoms with Gasteiger partial charge in [0.1, 0.15) is 10.8 Å². The molecule has 1 saturated carbocycles. The number of pyridine rings is 1. The van der Waals surface area contributed by atoms with Crippen molar-refractivity contribution in [1.29, 1.82) is 0 Å². The molecule has 0 radical (unpaired) electrons. The lowest BCUT2D eigenvalue weighted by Crippen LogP contribution is -2.33. The van der Waals surface area contributed by atoms with Crippen molar-refractivity contribution in [3.63, 3.8) is 0 Å². The van der Waals surface area contributed by atoms with Gasteiger partial charge in [-0.2, -0.15) is 0 Å². The van der Waals surface area contributed by atoms with E-state index in [4.69, 9.17) is 4.74 Å². The van der Waals surface area contributed by atoms with Gasteiger partial charge in [-0.25, -0.2) is 0 Å². The maximum Gasteiger partial charge on any atom is 0.208 e. The fraction of sp³-hybridized carbons (Fsp3) is 0.562. The van der Waals surface area contributed by atoms with E-state index >= 15 is 0 Å². The molecule has 1 aliphatic carbocycles. The summed E-state index contributed by atoms with van der Waals surface area (Å²) in [5.41, 5.74) is 0.259. The number of aryl methyl sites for hydroxylation is 1. The quantitative estimate of drug-likeness (QED) is 0.868. The van der Waals surface area contributed by atoms with Gasteiger partial charge in [0, 0.05) is 24.7 Å². The van der Waals surface area contributed by atoms with Crippen LogP contribution in [-0.4, -0.2) is 34.9 Å². The molecule has 5 nitrogen and oxygen atoms in total. The zero-order chi connectivity index (χ0) is 15.0. The first-order chi connectivity index (χ1) is 10.8. The molecule has 2 aliphatic rings. The molecular formula is C16H20N4OS. The van der Waals surface area contributed by atoms with E-state index in [-0.39, 0.29) is 5.41 Å². The second-order valence-electron chi connectivity index (χ2n) is 6.41. The molecule has 3 heterocycles. The van der Waals surface area contributed by atoms with Crippen LogP contribution in [0.25, 0.3) is 0 Å². The highest BCUT2D eigenvalue weighted by atomic mass is 32.1. The van der Waals surface area contributed by atoms with Crippen LogP contribution in [0.3, 0.4) is 0 Å². The summed E-state index contributed by atoms with van der Waals surface area (Å²) in [6.07, 6.45) is 7.42. The molecule has 2 atom stereocenters. The van der Waals surface area contributed by atoms with E-state index in [1.54, 1.807) is 23.7 Å². The van der Waals surface area contributed by atoms with Crippen LogP contribution >= 0.6 is 11.3 Å². The summed E-state index contributed by atoms with van der Waals surface area (Å²) in [4.78, 5) is 6.53. The number of fused-ring (bicyclic) bond motifs is 1. The van der Waals surface area contributed by atoms with Crippen molar-refractivity contribution in [2.24, 2.45) is 11.3 Å². The molecule has 2 aromatic rings. The highest BCUT2D eigenvalue weighted by Crippen LogP contribution is 2.50. The number of hydrogen-bond donors (Lipinski definition) is 0. The second-order valence-corrected chi connectivity index (χ2v) is 7.57. The Labute approximate surface area is 134 Å². The summed E-state index contributed by atoms with van der Waals surface area (Å²) in [5.74, 6) is 1.57. The van der Waals surface area contributed by atoms with Crippen molar-refractivity contribution >= 4 is 16.5 Å². The van der Waals surface area contributed by atoms with Crippen LogP contribution in [0.1, 0.15) is 24.3 Å². The average Bonchev–Trinajstić information content (AvgIpc) is 3.19. The highest BCUT2D eigenvalue weighted by Gasteiger charge is 2.50. The molecule has 4 rings (SSSR count). The summed E-state index contributed by atoms with van der Waals surface area (Å²) in [6, 6.07) is 3.90. The third-order valence-corrected chi connectivity index (χ3v) is 5.89. The summed E-state index contributed by atoms with van der Waals surface area (Å²) in [7, 11) is 0. The first kappa shape index (κ1) is 13.9. The Morgan fingerprint density at radius 2 is 2.41 bits per heavy atom. The minimum absolute atomic E-state index is 0.259. The van der Waals surface area contributed by atoms with Crippen LogP contribution < -0.4 is 9.64 Å². The molecule has 116 valence electrons. The molecule has 1 aliphatic heterocycles. The van der Waals surface area contributed by atoms with Gasteiger partial charge in [0.05, 0.1) is 12.8 Å². The lowest BCUT2D eigenvalue weighted by Gasteiger charge is -2.28. The number of hydrogen-bond acceptors (Lipinski definition) is 6. The van der Waals surface area contributed by atoms with Crippen molar-refractivity contribution in [3.05, 3.63) is 29.5 Å². The molecule has 0 amide bonds. The van der Waals surface area contributed by atoms with Gasteiger partial charge in [-0.1, -0.05) is 17.8 Å². The molecular weight excluding hydrogens is 296 g/mol. The predicted octanol–water partition coefficient (Wildman–Crippen LogP) is 2.93. The van der Waals surface area contributed by atoms with Gasteiger partial charge in [0.2, 0.25) is 5.13 Å². The molecule has 0 unspecified atom stereocenters. The van der Waals surface area contributed by atoms with Gasteiger partial charge in [0.25, 0.3) is 0 Å². The predicted molar refractivity (Wildman–Crippen MR) is 86.4 cm³/mol. The largest absolute Gasteiger partial charge is 0.491 e. The molecule has 0 aromatic carbocycles. The molecule has 22 heavy (non-hydrogen) atoms. The Morgan fingerprint density at radius 3 is 3.18 bits per heavy atom. The van der Waals surface area contributed by atoms with Crippen LogP contribution in [0.2, 0.25) is 0 Å². The summed E-state index contributed by atoms with van der Waals surface area (Å²) < 4.78 is 6.06. The lowest BCUT2D eigenvalue weighted by molar-refractivity contribution is 0.138. The summed E-state index contributed by atoms with van der Waals surface area (Å²) in [5, 5.41) is 10.6. The van der Waals surface area contributed by atoms with E-state index in [2.05, 4.69) is 20.1 Å². The molecule has 0 spiro atoms. The Morgan fingerprint density at radius 1 is 1.45 bits per heavy atom. The number of nitrogens with zero attached hydrogens (tertiary/aromatic N) is 4. The second kappa shape index (κ2) is 5.50. The Balaban J connectivity index is 1.49. The van der Waals surface area contributed by atoms with Gasteiger partial charge in [-0.15, -0.1) is 10.2 Å². The van der Waals surface area contributed by atoms with Crippen molar-refractivity contribution in [1.82, 2.24) is 15.2 Å². The average molecular weight is 316 g/mol. The van der Waals surface area contributed by atoms with Crippen LogP contribution in [0.4, 0.5) is 5.13 Å². The first-order valence-corrected chi connectivity index (χ1v) is 8.65. The first-order valence-electron chi connectivity index (χ1n) is 7.83. The molecule has 0 bridgehead atoms. The van der Waals surface area contributed by atoms with Gasteiger partial charge in [-0.05, 0) is 37.8 Å². The fourth-order valence-corrected chi connectivity index (χ4v) is 4.57. The van der Waals surface area contributed by atoms with Crippen LogP contribution in [0.15, 0.2) is 24.5 Å². The topological polar surface area (TPSA) is 51.1 Å². The van der Waals surface area contributed by atoms with Gasteiger partial charge in [-0.3, -0.25) is 4.98 Å². The fourth-order valence-electron chi connectivity index (χ4n) is 3.87. The summed E-state index contributed by atoms with van der Waals surface area (Å²) >= 11 is 1.69. The normalized spacial score (nSPS) is 27.1. The minimum Gasteiger partial charge on any atom is -0.491 e. The van der Waals surface area contributed by atoms with E-state index < -0.39 is 0 Å². The number of ether oxygens (including phenoxy) is 1. The van der Waals surface area contributed by atoms with E-state index in [0.29, 0.717) is 5.92 Å². The lowest BCUT2D eigenvalue weighted by atomic mass is 9.81. The van der Waals surface area contributed by atoms with E-state index in [1.165, 1.54) is 19.3 Å². The maximum absolute atomic E-state index is 6.06. The highest BCUT2D eigenvalue weighted by molar-refractivity contribution is 7.15. The molecule has 0 N–H and O–H groups in total. The number of anilines is 1. The van der Waals surface area contributed by atoms with E-state index in [1.807, 2.05) is 19.1 Å². The van der Waals surface area contributed by atoms with E-state index in [0.717, 1.165) is 35.6 Å². The smallest absolute Gasteiger partial charge is 0.208 e. The summed E-state index contributed by atoms with van der Waals surface area (Å²) in [6.45, 7) is 4.91. The van der Waals surface area contributed by atoms with Crippen LogP contribution in [0.5, 0.6) is 5.75 Å². The Kier molecular flexibility index (Phi) is 3.48. The molecule has 6 heteroatoms. The molecule has 2 aromatic heterocycles. The van der Waals surface area contributed by atoms with Gasteiger partial charge < -0.3 is 9.64 Å². The molecule has 2 fully saturated rings.